The number of likely N-dealkylation sites (N-methyl/N-ethyl adjacent to an activating group) is 1. The van der Waals surface area contributed by atoms with Crippen LogP contribution in [0.5, 0.6) is 5.75 Å². The standard InChI is InChI=1S/C26H31N5O3/c1-18-15-20(7-8-24(18)32)23-17-22(28-26(34)29-23)19-5-3-6-21(16-19)25(33)27-9-4-10-31-13-11-30(2)12-14-31/h3,5-8,15-17,32H,4,9-14H2,1-2H3,(H,27,33)(H,28,29,34). The van der Waals surface area contributed by atoms with Crippen molar-refractivity contribution >= 4 is 5.91 Å². The number of carbonyl (C=O) groups excluding carboxylic acids is 1. The number of aromatic nitrogens is 2. The van der Waals surface area contributed by atoms with Gasteiger partial charge < -0.3 is 25.2 Å². The summed E-state index contributed by atoms with van der Waals surface area (Å²) in [6.45, 7) is 7.71. The van der Waals surface area contributed by atoms with E-state index >= 15 is 0 Å². The van der Waals surface area contributed by atoms with Crippen molar-refractivity contribution in [3.63, 3.8) is 0 Å². The first kappa shape index (κ1) is 23.7. The summed E-state index contributed by atoms with van der Waals surface area (Å²) in [5.74, 6) is 0.0575. The van der Waals surface area contributed by atoms with Crippen molar-refractivity contribution in [2.24, 2.45) is 0 Å². The van der Waals surface area contributed by atoms with Gasteiger partial charge in [-0.25, -0.2) is 4.79 Å². The Kier molecular flexibility index (Phi) is 7.40. The number of aromatic hydroxyl groups is 1. The molecule has 8 heteroatoms. The molecule has 2 heterocycles. The average Bonchev–Trinajstić information content (AvgIpc) is 2.84. The summed E-state index contributed by atoms with van der Waals surface area (Å²) in [5.41, 5.74) is 3.30. The number of aromatic amines is 1. The van der Waals surface area contributed by atoms with E-state index < -0.39 is 5.69 Å². The van der Waals surface area contributed by atoms with Crippen LogP contribution in [0.1, 0.15) is 22.3 Å². The fourth-order valence-electron chi connectivity index (χ4n) is 4.08. The van der Waals surface area contributed by atoms with Crippen LogP contribution in [0.25, 0.3) is 22.5 Å². The van der Waals surface area contributed by atoms with E-state index in [4.69, 9.17) is 0 Å². The smallest absolute Gasteiger partial charge is 0.345 e. The predicted octanol–water partition coefficient (Wildman–Crippen LogP) is 2.49. The molecule has 0 spiro atoms. The van der Waals surface area contributed by atoms with E-state index in [1.807, 2.05) is 6.07 Å². The van der Waals surface area contributed by atoms with Gasteiger partial charge in [0.2, 0.25) is 0 Å². The molecule has 0 saturated carbocycles. The van der Waals surface area contributed by atoms with Gasteiger partial charge in [0, 0.05) is 43.9 Å². The van der Waals surface area contributed by atoms with Gasteiger partial charge in [-0.1, -0.05) is 12.1 Å². The molecule has 1 amide bonds. The summed E-state index contributed by atoms with van der Waals surface area (Å²) in [6.07, 6.45) is 0.905. The van der Waals surface area contributed by atoms with Crippen molar-refractivity contribution in [1.82, 2.24) is 25.1 Å². The van der Waals surface area contributed by atoms with E-state index in [1.54, 1.807) is 49.4 Å². The topological polar surface area (TPSA) is 102 Å². The van der Waals surface area contributed by atoms with E-state index in [9.17, 15) is 14.7 Å². The zero-order valence-electron chi connectivity index (χ0n) is 19.7. The van der Waals surface area contributed by atoms with E-state index in [-0.39, 0.29) is 11.7 Å². The Bertz CT molecular complexity index is 1220. The third-order valence-corrected chi connectivity index (χ3v) is 6.21. The van der Waals surface area contributed by atoms with Crippen LogP contribution in [-0.4, -0.2) is 77.1 Å². The molecule has 34 heavy (non-hydrogen) atoms. The highest BCUT2D eigenvalue weighted by atomic mass is 16.3. The molecule has 1 aromatic heterocycles. The van der Waals surface area contributed by atoms with Gasteiger partial charge in [0.1, 0.15) is 5.75 Å². The molecule has 0 bridgehead atoms. The number of H-pyrrole nitrogens is 1. The summed E-state index contributed by atoms with van der Waals surface area (Å²) in [5, 5.41) is 12.8. The van der Waals surface area contributed by atoms with Crippen LogP contribution in [0.4, 0.5) is 0 Å². The van der Waals surface area contributed by atoms with Crippen molar-refractivity contribution in [1.29, 1.82) is 0 Å². The molecule has 4 rings (SSSR count). The van der Waals surface area contributed by atoms with Crippen molar-refractivity contribution < 1.29 is 9.90 Å². The zero-order valence-corrected chi connectivity index (χ0v) is 19.7. The Morgan fingerprint density at radius 3 is 2.65 bits per heavy atom. The lowest BCUT2D eigenvalue weighted by Gasteiger charge is -2.32. The number of benzene rings is 2. The molecule has 3 N–H and O–H groups in total. The van der Waals surface area contributed by atoms with Crippen LogP contribution in [0.15, 0.2) is 53.3 Å². The molecule has 0 aliphatic carbocycles. The van der Waals surface area contributed by atoms with Gasteiger partial charge in [-0.05, 0) is 74.5 Å². The molecule has 1 aliphatic heterocycles. The summed E-state index contributed by atoms with van der Waals surface area (Å²) in [6, 6.07) is 14.1. The highest BCUT2D eigenvalue weighted by molar-refractivity contribution is 5.95. The first-order valence-corrected chi connectivity index (χ1v) is 11.6. The van der Waals surface area contributed by atoms with E-state index in [0.717, 1.165) is 50.3 Å². The number of piperazine rings is 1. The minimum Gasteiger partial charge on any atom is -0.508 e. The second-order valence-electron chi connectivity index (χ2n) is 8.82. The maximum absolute atomic E-state index is 12.7. The van der Waals surface area contributed by atoms with Crippen LogP contribution < -0.4 is 11.0 Å². The number of aryl methyl sites for hydroxylation is 1. The second-order valence-corrected chi connectivity index (χ2v) is 8.82. The van der Waals surface area contributed by atoms with Crippen molar-refractivity contribution in [2.45, 2.75) is 13.3 Å². The van der Waals surface area contributed by atoms with Crippen LogP contribution in [0.3, 0.4) is 0 Å². The number of hydrogen-bond donors (Lipinski definition) is 3. The first-order valence-electron chi connectivity index (χ1n) is 11.6. The SMILES string of the molecule is Cc1cc(-c2cc(-c3cccc(C(=O)NCCCN4CCN(C)CC4)c3)[nH]c(=O)n2)ccc1O. The number of rotatable bonds is 7. The average molecular weight is 462 g/mol. The third-order valence-electron chi connectivity index (χ3n) is 6.21. The van der Waals surface area contributed by atoms with Crippen molar-refractivity contribution in [2.75, 3.05) is 46.3 Å². The van der Waals surface area contributed by atoms with E-state index in [1.165, 1.54) is 0 Å². The summed E-state index contributed by atoms with van der Waals surface area (Å²) >= 11 is 0. The molecule has 1 aliphatic rings. The van der Waals surface area contributed by atoms with Gasteiger partial charge in [-0.15, -0.1) is 0 Å². The third kappa shape index (κ3) is 5.89. The molecular formula is C26H31N5O3. The van der Waals surface area contributed by atoms with Gasteiger partial charge in [-0.2, -0.15) is 4.98 Å². The lowest BCUT2D eigenvalue weighted by molar-refractivity contribution is 0.0949. The number of phenols is 1. The number of hydrogen-bond acceptors (Lipinski definition) is 6. The molecule has 0 atom stereocenters. The lowest BCUT2D eigenvalue weighted by Crippen LogP contribution is -2.45. The molecular weight excluding hydrogens is 430 g/mol. The predicted molar refractivity (Wildman–Crippen MR) is 133 cm³/mol. The summed E-state index contributed by atoms with van der Waals surface area (Å²) < 4.78 is 0. The summed E-state index contributed by atoms with van der Waals surface area (Å²) in [7, 11) is 2.14. The highest BCUT2D eigenvalue weighted by Gasteiger charge is 2.14. The van der Waals surface area contributed by atoms with E-state index in [2.05, 4.69) is 32.1 Å². The maximum atomic E-state index is 12.7. The molecule has 2 aromatic carbocycles. The lowest BCUT2D eigenvalue weighted by atomic mass is 10.0. The van der Waals surface area contributed by atoms with Gasteiger partial charge >= 0.3 is 5.69 Å². The molecule has 0 unspecified atom stereocenters. The molecule has 1 fully saturated rings. The quantitative estimate of drug-likeness (QED) is 0.468. The Morgan fingerprint density at radius 2 is 1.88 bits per heavy atom. The van der Waals surface area contributed by atoms with Crippen molar-refractivity contribution in [3.05, 3.63) is 70.1 Å². The molecule has 178 valence electrons. The van der Waals surface area contributed by atoms with Crippen LogP contribution in [-0.2, 0) is 0 Å². The number of nitrogens with zero attached hydrogens (tertiary/aromatic N) is 3. The highest BCUT2D eigenvalue weighted by Crippen LogP contribution is 2.26. The minimum absolute atomic E-state index is 0.133. The normalized spacial score (nSPS) is 14.8. The number of nitrogens with one attached hydrogen (secondary N) is 2. The Morgan fingerprint density at radius 1 is 1.09 bits per heavy atom. The largest absolute Gasteiger partial charge is 0.508 e. The fourth-order valence-corrected chi connectivity index (χ4v) is 4.08. The summed E-state index contributed by atoms with van der Waals surface area (Å²) in [4.78, 5) is 36.5. The van der Waals surface area contributed by atoms with Crippen molar-refractivity contribution in [3.8, 4) is 28.3 Å². The number of phenolic OH excluding ortho intramolecular Hbond substituents is 1. The van der Waals surface area contributed by atoms with Crippen LogP contribution >= 0.6 is 0 Å². The Labute approximate surface area is 199 Å². The van der Waals surface area contributed by atoms with Crippen LogP contribution in [0.2, 0.25) is 0 Å². The van der Waals surface area contributed by atoms with Crippen LogP contribution in [0, 0.1) is 6.92 Å². The Hall–Kier alpha value is -3.49. The van der Waals surface area contributed by atoms with Gasteiger partial charge in [0.15, 0.2) is 0 Å². The maximum Gasteiger partial charge on any atom is 0.345 e. The molecule has 8 nitrogen and oxygen atoms in total. The van der Waals surface area contributed by atoms with Gasteiger partial charge in [0.25, 0.3) is 5.91 Å². The zero-order chi connectivity index (χ0) is 24.1. The monoisotopic (exact) mass is 461 g/mol. The second kappa shape index (κ2) is 10.6. The number of amides is 1. The minimum atomic E-state index is -0.475. The fraction of sp³-hybridized carbons (Fsp3) is 0.346. The molecule has 1 saturated heterocycles. The van der Waals surface area contributed by atoms with Gasteiger partial charge in [-0.3, -0.25) is 4.79 Å². The molecule has 0 radical (unpaired) electrons. The number of carbonyl (C=O) groups is 1. The van der Waals surface area contributed by atoms with Gasteiger partial charge in [0.05, 0.1) is 11.4 Å². The molecule has 3 aromatic rings. The Balaban J connectivity index is 1.42. The first-order chi connectivity index (χ1) is 16.4. The van der Waals surface area contributed by atoms with E-state index in [0.29, 0.717) is 29.1 Å².